The molecule has 3 N–H and O–H groups in total. The molecule has 0 fully saturated rings. The maximum Gasteiger partial charge on any atom is 0.220 e. The number of aliphatic hydroxyl groups excluding tert-OH is 2. The van der Waals surface area contributed by atoms with Crippen LogP contribution in [0.1, 0.15) is 251 Å². The van der Waals surface area contributed by atoms with Gasteiger partial charge in [0.1, 0.15) is 0 Å². The molecule has 4 heteroatoms. The second-order valence-electron chi connectivity index (χ2n) is 16.2. The minimum Gasteiger partial charge on any atom is -0.394 e. The van der Waals surface area contributed by atoms with E-state index < -0.39 is 12.1 Å². The van der Waals surface area contributed by atoms with Gasteiger partial charge in [0.25, 0.3) is 0 Å². The molecular weight excluding hydrogens is 651 g/mol. The van der Waals surface area contributed by atoms with Crippen molar-refractivity contribution in [3.8, 4) is 0 Å². The zero-order valence-corrected chi connectivity index (χ0v) is 35.8. The van der Waals surface area contributed by atoms with E-state index in [1.165, 1.54) is 186 Å². The SMILES string of the molecule is CCCCC/C=C\C/C=C\CCCCCCCC(=O)NC(CO)C(O)/C=C/CCCCCCCCCCCCCCCCCCCCCCCCCC. The van der Waals surface area contributed by atoms with Crippen molar-refractivity contribution in [2.75, 3.05) is 6.61 Å². The van der Waals surface area contributed by atoms with Crippen molar-refractivity contribution in [3.05, 3.63) is 36.5 Å². The molecule has 0 aromatic rings. The van der Waals surface area contributed by atoms with Gasteiger partial charge in [0.2, 0.25) is 5.91 Å². The Bertz CT molecular complexity index is 806. The van der Waals surface area contributed by atoms with E-state index in [0.717, 1.165) is 44.9 Å². The van der Waals surface area contributed by atoms with Crippen molar-refractivity contribution >= 4 is 5.91 Å². The molecule has 0 radical (unpaired) electrons. The summed E-state index contributed by atoms with van der Waals surface area (Å²) < 4.78 is 0. The highest BCUT2D eigenvalue weighted by atomic mass is 16.3. The van der Waals surface area contributed by atoms with Crippen LogP contribution in [0.2, 0.25) is 0 Å². The fourth-order valence-corrected chi connectivity index (χ4v) is 7.21. The summed E-state index contributed by atoms with van der Waals surface area (Å²) in [7, 11) is 0. The van der Waals surface area contributed by atoms with Gasteiger partial charge in [-0.25, -0.2) is 0 Å². The highest BCUT2D eigenvalue weighted by molar-refractivity contribution is 5.76. The van der Waals surface area contributed by atoms with E-state index in [2.05, 4.69) is 43.5 Å². The lowest BCUT2D eigenvalue weighted by Crippen LogP contribution is -2.45. The number of nitrogens with one attached hydrogen (secondary N) is 1. The molecule has 0 saturated heterocycles. The van der Waals surface area contributed by atoms with Gasteiger partial charge in [-0.3, -0.25) is 4.79 Å². The zero-order chi connectivity index (χ0) is 38.6. The molecule has 0 rings (SSSR count). The summed E-state index contributed by atoms with van der Waals surface area (Å²) in [6.07, 6.45) is 59.8. The predicted molar refractivity (Wildman–Crippen MR) is 235 cm³/mol. The van der Waals surface area contributed by atoms with Gasteiger partial charge >= 0.3 is 0 Å². The summed E-state index contributed by atoms with van der Waals surface area (Å²) in [5.41, 5.74) is 0. The molecule has 2 unspecified atom stereocenters. The third kappa shape index (κ3) is 41.6. The van der Waals surface area contributed by atoms with Gasteiger partial charge in [-0.15, -0.1) is 0 Å². The summed E-state index contributed by atoms with van der Waals surface area (Å²) in [4.78, 5) is 12.4. The van der Waals surface area contributed by atoms with E-state index in [-0.39, 0.29) is 12.5 Å². The Labute approximate surface area is 331 Å². The van der Waals surface area contributed by atoms with Crippen LogP contribution in [0, 0.1) is 0 Å². The Morgan fingerprint density at radius 1 is 0.453 bits per heavy atom. The first-order chi connectivity index (χ1) is 26.2. The first-order valence-corrected chi connectivity index (χ1v) is 23.7. The number of amides is 1. The summed E-state index contributed by atoms with van der Waals surface area (Å²) in [6, 6.07) is -0.629. The molecule has 4 nitrogen and oxygen atoms in total. The van der Waals surface area contributed by atoms with Gasteiger partial charge in [0.15, 0.2) is 0 Å². The molecule has 0 aliphatic rings. The average Bonchev–Trinajstić information content (AvgIpc) is 3.16. The molecule has 0 saturated carbocycles. The minimum absolute atomic E-state index is 0.0767. The summed E-state index contributed by atoms with van der Waals surface area (Å²) >= 11 is 0. The van der Waals surface area contributed by atoms with E-state index in [9.17, 15) is 15.0 Å². The Morgan fingerprint density at radius 2 is 0.774 bits per heavy atom. The van der Waals surface area contributed by atoms with Crippen molar-refractivity contribution in [3.63, 3.8) is 0 Å². The molecular formula is C49H93NO3. The second-order valence-corrected chi connectivity index (χ2v) is 16.2. The molecule has 312 valence electrons. The lowest BCUT2D eigenvalue weighted by molar-refractivity contribution is -0.123. The molecule has 53 heavy (non-hydrogen) atoms. The maximum atomic E-state index is 12.4. The Balaban J connectivity index is 3.52. The van der Waals surface area contributed by atoms with Crippen molar-refractivity contribution in [1.82, 2.24) is 5.32 Å². The fourth-order valence-electron chi connectivity index (χ4n) is 7.21. The highest BCUT2D eigenvalue weighted by Crippen LogP contribution is 2.16. The largest absolute Gasteiger partial charge is 0.394 e. The lowest BCUT2D eigenvalue weighted by Gasteiger charge is -2.20. The van der Waals surface area contributed by atoms with Gasteiger partial charge in [-0.1, -0.05) is 230 Å². The Morgan fingerprint density at radius 3 is 1.17 bits per heavy atom. The maximum absolute atomic E-state index is 12.4. The lowest BCUT2D eigenvalue weighted by atomic mass is 10.0. The van der Waals surface area contributed by atoms with E-state index in [1.54, 1.807) is 6.08 Å². The molecule has 2 atom stereocenters. The molecule has 0 aliphatic heterocycles. The number of hydrogen-bond acceptors (Lipinski definition) is 3. The molecule has 0 aromatic carbocycles. The van der Waals surface area contributed by atoms with E-state index in [4.69, 9.17) is 0 Å². The molecule has 0 spiro atoms. The van der Waals surface area contributed by atoms with Crippen LogP contribution in [-0.4, -0.2) is 34.9 Å². The van der Waals surface area contributed by atoms with Crippen LogP contribution in [0.15, 0.2) is 36.5 Å². The van der Waals surface area contributed by atoms with Gasteiger partial charge in [0.05, 0.1) is 18.8 Å². The van der Waals surface area contributed by atoms with Crippen LogP contribution in [0.4, 0.5) is 0 Å². The number of carbonyl (C=O) groups is 1. The van der Waals surface area contributed by atoms with Crippen LogP contribution in [-0.2, 0) is 4.79 Å². The smallest absolute Gasteiger partial charge is 0.220 e. The van der Waals surface area contributed by atoms with Gasteiger partial charge in [-0.2, -0.15) is 0 Å². The molecule has 0 aliphatic carbocycles. The molecule has 0 heterocycles. The highest BCUT2D eigenvalue weighted by Gasteiger charge is 2.17. The Hall–Kier alpha value is -1.39. The fraction of sp³-hybridized carbons (Fsp3) is 0.857. The van der Waals surface area contributed by atoms with E-state index >= 15 is 0 Å². The quantitative estimate of drug-likeness (QED) is 0.0430. The van der Waals surface area contributed by atoms with Crippen LogP contribution < -0.4 is 5.32 Å². The third-order valence-corrected chi connectivity index (χ3v) is 10.9. The Kier molecular flexibility index (Phi) is 43.8. The van der Waals surface area contributed by atoms with Gasteiger partial charge < -0.3 is 15.5 Å². The van der Waals surface area contributed by atoms with Crippen molar-refractivity contribution < 1.29 is 15.0 Å². The normalized spacial score (nSPS) is 13.2. The van der Waals surface area contributed by atoms with Gasteiger partial charge in [-0.05, 0) is 51.4 Å². The first kappa shape index (κ1) is 51.6. The predicted octanol–water partition coefficient (Wildman–Crippen LogP) is 15.0. The topological polar surface area (TPSA) is 69.6 Å². The van der Waals surface area contributed by atoms with Crippen LogP contribution >= 0.6 is 0 Å². The van der Waals surface area contributed by atoms with Crippen LogP contribution in [0.5, 0.6) is 0 Å². The number of allylic oxidation sites excluding steroid dienone is 5. The van der Waals surface area contributed by atoms with Crippen molar-refractivity contribution in [2.45, 2.75) is 264 Å². The summed E-state index contributed by atoms with van der Waals surface area (Å²) in [6.45, 7) is 4.29. The van der Waals surface area contributed by atoms with Crippen LogP contribution in [0.25, 0.3) is 0 Å². The summed E-state index contributed by atoms with van der Waals surface area (Å²) in [5.74, 6) is -0.0767. The molecule has 0 bridgehead atoms. The van der Waals surface area contributed by atoms with E-state index in [1.807, 2.05) is 6.08 Å². The van der Waals surface area contributed by atoms with Gasteiger partial charge in [0, 0.05) is 6.42 Å². The number of unbranched alkanes of at least 4 members (excludes halogenated alkanes) is 32. The number of rotatable bonds is 43. The third-order valence-electron chi connectivity index (χ3n) is 10.9. The van der Waals surface area contributed by atoms with Crippen LogP contribution in [0.3, 0.4) is 0 Å². The molecule has 0 aromatic heterocycles. The number of carbonyl (C=O) groups excluding carboxylic acids is 1. The standard InChI is InChI=1S/C49H93NO3/c1-3-5-7-9-11-13-15-17-19-20-21-22-23-24-25-26-27-28-29-31-32-34-36-38-40-42-44-48(52)47(46-51)50-49(53)45-43-41-39-37-35-33-30-18-16-14-12-10-8-6-4-2/h12,14,18,30,42,44,47-48,51-52H,3-11,13,15-17,19-29,31-41,43,45-46H2,1-2H3,(H,50,53)/b14-12-,30-18-,44-42+. The minimum atomic E-state index is -0.845. The number of aliphatic hydroxyl groups is 2. The monoisotopic (exact) mass is 744 g/mol. The summed E-state index contributed by atoms with van der Waals surface area (Å²) in [5, 5.41) is 23.0. The molecule has 1 amide bonds. The average molecular weight is 744 g/mol. The zero-order valence-electron chi connectivity index (χ0n) is 35.8. The number of hydrogen-bond donors (Lipinski definition) is 3. The van der Waals surface area contributed by atoms with Crippen molar-refractivity contribution in [1.29, 1.82) is 0 Å². The second kappa shape index (κ2) is 45.0. The van der Waals surface area contributed by atoms with Crippen molar-refractivity contribution in [2.24, 2.45) is 0 Å². The van der Waals surface area contributed by atoms with E-state index in [0.29, 0.717) is 6.42 Å². The first-order valence-electron chi connectivity index (χ1n) is 23.7.